The molecule has 5 nitrogen and oxygen atoms in total. The number of hydrogen-bond acceptors (Lipinski definition) is 4. The molecule has 6 heteroatoms. The van der Waals surface area contributed by atoms with Crippen LogP contribution in [-0.2, 0) is 19.4 Å². The van der Waals surface area contributed by atoms with E-state index < -0.39 is 0 Å². The summed E-state index contributed by atoms with van der Waals surface area (Å²) in [5.41, 5.74) is 4.88. The topological polar surface area (TPSA) is 52.7 Å². The molecule has 3 aromatic rings. The summed E-state index contributed by atoms with van der Waals surface area (Å²) in [4.78, 5) is 32.6. The van der Waals surface area contributed by atoms with E-state index in [2.05, 4.69) is 34.5 Å². The van der Waals surface area contributed by atoms with Gasteiger partial charge in [-0.05, 0) is 55.9 Å². The van der Waals surface area contributed by atoms with Crippen LogP contribution in [0.25, 0.3) is 0 Å². The van der Waals surface area contributed by atoms with Gasteiger partial charge in [-0.15, -0.1) is 11.3 Å². The van der Waals surface area contributed by atoms with Gasteiger partial charge in [0.15, 0.2) is 0 Å². The molecule has 1 aliphatic carbocycles. The van der Waals surface area contributed by atoms with E-state index in [4.69, 9.17) is 0 Å². The summed E-state index contributed by atoms with van der Waals surface area (Å²) in [7, 11) is 0. The summed E-state index contributed by atoms with van der Waals surface area (Å²) in [5.74, 6) is -0.0739. The lowest BCUT2D eigenvalue weighted by molar-refractivity contribution is 0.0629. The largest absolute Gasteiger partial charge is 0.336 e. The van der Waals surface area contributed by atoms with E-state index >= 15 is 0 Å². The van der Waals surface area contributed by atoms with E-state index in [1.54, 1.807) is 11.3 Å². The summed E-state index contributed by atoms with van der Waals surface area (Å²) in [6.45, 7) is 6.03. The van der Waals surface area contributed by atoms with E-state index in [0.717, 1.165) is 61.4 Å². The Bertz CT molecular complexity index is 1200. The van der Waals surface area contributed by atoms with Crippen LogP contribution < -0.4 is 5.32 Å². The fourth-order valence-corrected chi connectivity index (χ4v) is 6.40. The minimum absolute atomic E-state index is 0.0725. The Labute approximate surface area is 211 Å². The summed E-state index contributed by atoms with van der Waals surface area (Å²) >= 11 is 1.61. The van der Waals surface area contributed by atoms with Gasteiger partial charge in [-0.3, -0.25) is 14.5 Å². The van der Waals surface area contributed by atoms with Crippen molar-refractivity contribution in [3.05, 3.63) is 87.3 Å². The number of carbonyl (C=O) groups excluding carboxylic acids is 2. The number of benzene rings is 2. The van der Waals surface area contributed by atoms with Gasteiger partial charge in [-0.25, -0.2) is 0 Å². The fraction of sp³-hybridized carbons (Fsp3) is 0.379. The number of thiophene rings is 1. The van der Waals surface area contributed by atoms with E-state index in [1.807, 2.05) is 42.2 Å². The zero-order valence-corrected chi connectivity index (χ0v) is 21.2. The average molecular weight is 488 g/mol. The maximum Gasteiger partial charge on any atom is 0.257 e. The maximum atomic E-state index is 13.9. The molecule has 2 amide bonds. The van der Waals surface area contributed by atoms with Crippen LogP contribution in [-0.4, -0.2) is 47.8 Å². The third kappa shape index (κ3) is 5.49. The lowest BCUT2D eigenvalue weighted by Gasteiger charge is -2.35. The first-order chi connectivity index (χ1) is 17.1. The lowest BCUT2D eigenvalue weighted by atomic mass is 10.0. The number of piperazine rings is 1. The maximum absolute atomic E-state index is 13.9. The summed E-state index contributed by atoms with van der Waals surface area (Å²) in [6, 6.07) is 18.1. The fourth-order valence-electron chi connectivity index (χ4n) is 5.13. The van der Waals surface area contributed by atoms with Crippen LogP contribution in [0.1, 0.15) is 61.5 Å². The predicted octanol–water partition coefficient (Wildman–Crippen LogP) is 5.54. The minimum Gasteiger partial charge on any atom is -0.336 e. The van der Waals surface area contributed by atoms with Gasteiger partial charge in [0, 0.05) is 43.2 Å². The Kier molecular flexibility index (Phi) is 7.30. The molecular weight excluding hydrogens is 454 g/mol. The molecule has 0 radical (unpaired) electrons. The second kappa shape index (κ2) is 10.8. The van der Waals surface area contributed by atoms with Crippen molar-refractivity contribution in [2.45, 2.75) is 45.6 Å². The first-order valence-corrected chi connectivity index (χ1v) is 13.5. The first kappa shape index (κ1) is 23.8. The van der Waals surface area contributed by atoms with Crippen molar-refractivity contribution in [3.8, 4) is 0 Å². The minimum atomic E-state index is -0.146. The quantitative estimate of drug-likeness (QED) is 0.481. The van der Waals surface area contributed by atoms with Gasteiger partial charge in [0.1, 0.15) is 5.00 Å². The predicted molar refractivity (Wildman–Crippen MR) is 142 cm³/mol. The van der Waals surface area contributed by atoms with Crippen molar-refractivity contribution in [3.63, 3.8) is 0 Å². The normalized spacial score (nSPS) is 16.4. The standard InChI is InChI=1S/C29H33N3O2S/c1-21-9-8-12-23(19-21)27(33)30-28-26(24-13-6-3-7-14-25(24)35-28)29(34)32-17-15-31(16-18-32)20-22-10-4-2-5-11-22/h2,4-5,8-12,19H,3,6-7,13-18,20H2,1H3,(H,30,33). The summed E-state index contributed by atoms with van der Waals surface area (Å²) in [6.07, 6.45) is 5.34. The van der Waals surface area contributed by atoms with Gasteiger partial charge in [-0.2, -0.15) is 0 Å². The molecule has 2 heterocycles. The molecule has 35 heavy (non-hydrogen) atoms. The Morgan fingerprint density at radius 2 is 1.69 bits per heavy atom. The highest BCUT2D eigenvalue weighted by Crippen LogP contribution is 2.38. The number of nitrogens with one attached hydrogen (secondary N) is 1. The van der Waals surface area contributed by atoms with Crippen molar-refractivity contribution in [1.82, 2.24) is 9.80 Å². The van der Waals surface area contributed by atoms with Crippen LogP contribution in [0.2, 0.25) is 0 Å². The highest BCUT2D eigenvalue weighted by Gasteiger charge is 2.30. The highest BCUT2D eigenvalue weighted by molar-refractivity contribution is 7.17. The molecule has 1 saturated heterocycles. The van der Waals surface area contributed by atoms with Crippen molar-refractivity contribution < 1.29 is 9.59 Å². The Hall–Kier alpha value is -2.96. The molecule has 1 N–H and O–H groups in total. The van der Waals surface area contributed by atoms with Crippen molar-refractivity contribution >= 4 is 28.2 Å². The second-order valence-corrected chi connectivity index (χ2v) is 10.8. The molecule has 2 aliphatic rings. The number of nitrogens with zero attached hydrogens (tertiary/aromatic N) is 2. The third-order valence-corrected chi connectivity index (χ3v) is 8.26. The second-order valence-electron chi connectivity index (χ2n) is 9.65. The first-order valence-electron chi connectivity index (χ1n) is 12.7. The molecule has 182 valence electrons. The van der Waals surface area contributed by atoms with Crippen LogP contribution in [0, 0.1) is 6.92 Å². The van der Waals surface area contributed by atoms with Gasteiger partial charge < -0.3 is 10.2 Å². The molecule has 1 aromatic heterocycles. The van der Waals surface area contributed by atoms with Gasteiger partial charge in [0.05, 0.1) is 5.56 Å². The molecule has 1 aliphatic heterocycles. The van der Waals surface area contributed by atoms with Crippen LogP contribution in [0.3, 0.4) is 0 Å². The lowest BCUT2D eigenvalue weighted by Crippen LogP contribution is -2.48. The van der Waals surface area contributed by atoms with Gasteiger partial charge >= 0.3 is 0 Å². The number of anilines is 1. The Balaban J connectivity index is 1.34. The number of carbonyl (C=O) groups is 2. The summed E-state index contributed by atoms with van der Waals surface area (Å²) < 4.78 is 0. The van der Waals surface area contributed by atoms with Crippen molar-refractivity contribution in [2.75, 3.05) is 31.5 Å². The molecule has 1 fully saturated rings. The average Bonchev–Trinajstić information content (AvgIpc) is 3.04. The van der Waals surface area contributed by atoms with Gasteiger partial charge in [0.25, 0.3) is 11.8 Å². The van der Waals surface area contributed by atoms with Crippen LogP contribution >= 0.6 is 11.3 Å². The number of hydrogen-bond donors (Lipinski definition) is 1. The SMILES string of the molecule is Cc1cccc(C(=O)Nc2sc3c(c2C(=O)N2CCN(Cc4ccccc4)CC2)CCCCC3)c1. The molecule has 2 aromatic carbocycles. The summed E-state index contributed by atoms with van der Waals surface area (Å²) in [5, 5.41) is 3.84. The zero-order valence-electron chi connectivity index (χ0n) is 20.4. The van der Waals surface area contributed by atoms with Crippen LogP contribution in [0.4, 0.5) is 5.00 Å². The number of rotatable bonds is 5. The molecule has 5 rings (SSSR count). The van der Waals surface area contributed by atoms with Crippen LogP contribution in [0.15, 0.2) is 54.6 Å². The van der Waals surface area contributed by atoms with E-state index in [1.165, 1.54) is 22.4 Å². The third-order valence-electron chi connectivity index (χ3n) is 7.05. The Morgan fingerprint density at radius 1 is 0.914 bits per heavy atom. The van der Waals surface area contributed by atoms with Gasteiger partial charge in [-0.1, -0.05) is 54.4 Å². The van der Waals surface area contributed by atoms with E-state index in [9.17, 15) is 9.59 Å². The molecule has 0 spiro atoms. The van der Waals surface area contributed by atoms with Crippen LogP contribution in [0.5, 0.6) is 0 Å². The smallest absolute Gasteiger partial charge is 0.257 e. The zero-order chi connectivity index (χ0) is 24.2. The van der Waals surface area contributed by atoms with Crippen molar-refractivity contribution in [1.29, 1.82) is 0 Å². The molecule has 0 saturated carbocycles. The van der Waals surface area contributed by atoms with Gasteiger partial charge in [0.2, 0.25) is 0 Å². The highest BCUT2D eigenvalue weighted by atomic mass is 32.1. The number of fused-ring (bicyclic) bond motifs is 1. The molecule has 0 unspecified atom stereocenters. The monoisotopic (exact) mass is 487 g/mol. The Morgan fingerprint density at radius 3 is 2.46 bits per heavy atom. The molecular formula is C29H33N3O2S. The van der Waals surface area contributed by atoms with E-state index in [0.29, 0.717) is 18.7 Å². The molecule has 0 bridgehead atoms. The number of aryl methyl sites for hydroxylation is 2. The number of amides is 2. The molecule has 0 atom stereocenters. The van der Waals surface area contributed by atoms with Crippen molar-refractivity contribution in [2.24, 2.45) is 0 Å². The van der Waals surface area contributed by atoms with E-state index in [-0.39, 0.29) is 11.8 Å².